The van der Waals surface area contributed by atoms with E-state index >= 15 is 0 Å². The molecule has 0 fully saturated rings. The van der Waals surface area contributed by atoms with Crippen LogP contribution < -0.4 is 4.74 Å². The van der Waals surface area contributed by atoms with Gasteiger partial charge in [-0.15, -0.1) is 0 Å². The van der Waals surface area contributed by atoms with Crippen LogP contribution in [0.4, 0.5) is 0 Å². The molecule has 0 heterocycles. The molecule has 0 unspecified atom stereocenters. The van der Waals surface area contributed by atoms with Crippen LogP contribution in [0, 0.1) is 0 Å². The van der Waals surface area contributed by atoms with Gasteiger partial charge in [-0.25, -0.2) is 14.4 Å². The van der Waals surface area contributed by atoms with Crippen molar-refractivity contribution < 1.29 is 33.3 Å². The lowest BCUT2D eigenvalue weighted by atomic mass is 10.1. The predicted molar refractivity (Wildman–Crippen MR) is 144 cm³/mol. The summed E-state index contributed by atoms with van der Waals surface area (Å²) in [5.74, 6) is 0.370. The molecule has 0 atom stereocenters. The van der Waals surface area contributed by atoms with E-state index in [1.165, 1.54) is 5.56 Å². The van der Waals surface area contributed by atoms with Crippen LogP contribution >= 0.6 is 0 Å². The van der Waals surface area contributed by atoms with Gasteiger partial charge in [0.05, 0.1) is 24.3 Å². The lowest BCUT2D eigenvalue weighted by Crippen LogP contribution is -2.10. The van der Waals surface area contributed by atoms with Crippen LogP contribution in [0.2, 0.25) is 0 Å². The lowest BCUT2D eigenvalue weighted by molar-refractivity contribution is -0.137. The topological polar surface area (TPSA) is 88.1 Å². The second kappa shape index (κ2) is 15.2. The summed E-state index contributed by atoms with van der Waals surface area (Å²) in [6, 6.07) is 14.2. The Morgan fingerprint density at radius 2 is 1.34 bits per heavy atom. The number of hydrogen-bond donors (Lipinski definition) is 0. The highest BCUT2D eigenvalue weighted by molar-refractivity contribution is 5.91. The Kier molecular flexibility index (Phi) is 11.4. The van der Waals surface area contributed by atoms with Crippen molar-refractivity contribution in [1.29, 1.82) is 0 Å². The molecule has 38 heavy (non-hydrogen) atoms. The molecule has 7 nitrogen and oxygen atoms in total. The zero-order valence-corrected chi connectivity index (χ0v) is 21.8. The summed E-state index contributed by atoms with van der Waals surface area (Å²) in [6.45, 7) is 6.28. The Balaban J connectivity index is 1.41. The monoisotopic (exact) mass is 518 g/mol. The smallest absolute Gasteiger partial charge is 0.343 e. The van der Waals surface area contributed by atoms with Crippen LogP contribution in [0.15, 0.2) is 84.9 Å². The Morgan fingerprint density at radius 3 is 1.87 bits per heavy atom. The van der Waals surface area contributed by atoms with E-state index in [0.717, 1.165) is 31.8 Å². The number of benzene rings is 2. The van der Waals surface area contributed by atoms with Crippen LogP contribution in [-0.4, -0.2) is 31.1 Å². The summed E-state index contributed by atoms with van der Waals surface area (Å²) in [6.07, 6.45) is 10.0. The average molecular weight is 519 g/mol. The third kappa shape index (κ3) is 9.39. The molecule has 0 radical (unpaired) electrons. The van der Waals surface area contributed by atoms with Crippen LogP contribution in [0.5, 0.6) is 5.75 Å². The van der Waals surface area contributed by atoms with Gasteiger partial charge in [0.15, 0.2) is 0 Å². The summed E-state index contributed by atoms with van der Waals surface area (Å²) in [5.41, 5.74) is 2.12. The third-order valence-electron chi connectivity index (χ3n) is 5.84. The van der Waals surface area contributed by atoms with Gasteiger partial charge >= 0.3 is 17.9 Å². The molecular formula is C31H34O7. The van der Waals surface area contributed by atoms with E-state index in [0.29, 0.717) is 60.9 Å². The van der Waals surface area contributed by atoms with Crippen LogP contribution in [0.1, 0.15) is 71.7 Å². The van der Waals surface area contributed by atoms with E-state index < -0.39 is 17.9 Å². The number of rotatable bonds is 14. The number of allylic oxidation sites excluding steroid dienone is 4. The van der Waals surface area contributed by atoms with Gasteiger partial charge in [0.2, 0.25) is 0 Å². The van der Waals surface area contributed by atoms with Gasteiger partial charge in [0.25, 0.3) is 0 Å². The van der Waals surface area contributed by atoms with Crippen LogP contribution in [-0.2, 0) is 25.4 Å². The van der Waals surface area contributed by atoms with Gasteiger partial charge in [0, 0.05) is 18.9 Å². The maximum Gasteiger partial charge on any atom is 0.343 e. The van der Waals surface area contributed by atoms with Gasteiger partial charge in [-0.3, -0.25) is 0 Å². The SMILES string of the molecule is C=CC(=O)OCCCCOc1ccc(C(=O)OC2=CC=C(OC(=O)c3ccc(CCCC)cc3)CC2)cc1. The highest BCUT2D eigenvalue weighted by atomic mass is 16.5. The van der Waals surface area contributed by atoms with Crippen LogP contribution in [0.3, 0.4) is 0 Å². The molecule has 2 aromatic rings. The number of hydrogen-bond acceptors (Lipinski definition) is 7. The van der Waals surface area contributed by atoms with Crippen molar-refractivity contribution in [2.24, 2.45) is 0 Å². The molecule has 1 aliphatic carbocycles. The first kappa shape index (κ1) is 28.4. The standard InChI is InChI=1S/C31H34O7/c1-3-5-8-23-9-11-24(12-10-23)30(33)37-27-17-19-28(20-18-27)38-31(34)25-13-15-26(16-14-25)35-21-6-7-22-36-29(32)4-2/h4,9-17,19H,2-3,5-8,18,20-22H2,1H3. The van der Waals surface area contributed by atoms with Crippen molar-refractivity contribution >= 4 is 17.9 Å². The summed E-state index contributed by atoms with van der Waals surface area (Å²) in [5, 5.41) is 0. The second-order valence-corrected chi connectivity index (χ2v) is 8.80. The number of carbonyl (C=O) groups excluding carboxylic acids is 3. The minimum absolute atomic E-state index is 0.320. The van der Waals surface area contributed by atoms with Crippen molar-refractivity contribution in [3.8, 4) is 5.75 Å². The van der Waals surface area contributed by atoms with E-state index in [-0.39, 0.29) is 0 Å². The number of carbonyl (C=O) groups is 3. The first-order valence-electron chi connectivity index (χ1n) is 12.9. The fourth-order valence-corrected chi connectivity index (χ4v) is 3.63. The maximum absolute atomic E-state index is 12.5. The number of unbranched alkanes of at least 4 members (excludes halogenated alkanes) is 2. The Hall–Kier alpha value is -4.13. The van der Waals surface area contributed by atoms with Crippen molar-refractivity contribution in [3.05, 3.63) is 102 Å². The summed E-state index contributed by atoms with van der Waals surface area (Å²) in [7, 11) is 0. The Labute approximate surface area is 223 Å². The Morgan fingerprint density at radius 1 is 0.789 bits per heavy atom. The molecular weight excluding hydrogens is 484 g/mol. The maximum atomic E-state index is 12.5. The third-order valence-corrected chi connectivity index (χ3v) is 5.84. The van der Waals surface area contributed by atoms with Gasteiger partial charge in [0.1, 0.15) is 17.3 Å². The fraction of sp³-hybridized carbons (Fsp3) is 0.323. The first-order chi connectivity index (χ1) is 18.5. The van der Waals surface area contributed by atoms with Gasteiger partial charge in [-0.1, -0.05) is 32.1 Å². The lowest BCUT2D eigenvalue weighted by Gasteiger charge is -2.15. The molecule has 2 aromatic carbocycles. The van der Waals surface area contributed by atoms with E-state index in [1.54, 1.807) is 48.6 Å². The van der Waals surface area contributed by atoms with E-state index in [9.17, 15) is 14.4 Å². The normalized spacial score (nSPS) is 12.6. The van der Waals surface area contributed by atoms with Crippen molar-refractivity contribution in [2.45, 2.75) is 51.9 Å². The molecule has 0 aliphatic heterocycles. The zero-order valence-electron chi connectivity index (χ0n) is 21.8. The average Bonchev–Trinajstić information content (AvgIpc) is 2.95. The quantitative estimate of drug-likeness (QED) is 0.122. The molecule has 0 spiro atoms. The molecule has 0 saturated heterocycles. The number of aryl methyl sites for hydroxylation is 1. The molecule has 1 aliphatic rings. The van der Waals surface area contributed by atoms with Gasteiger partial charge in [-0.05, 0) is 79.8 Å². The van der Waals surface area contributed by atoms with E-state index in [4.69, 9.17) is 18.9 Å². The van der Waals surface area contributed by atoms with E-state index in [1.807, 2.05) is 12.1 Å². The molecule has 0 saturated carbocycles. The highest BCUT2D eigenvalue weighted by Gasteiger charge is 2.17. The number of esters is 3. The molecule has 0 amide bonds. The zero-order chi connectivity index (χ0) is 27.2. The number of ether oxygens (including phenoxy) is 4. The molecule has 0 N–H and O–H groups in total. The molecule has 0 aromatic heterocycles. The fourth-order valence-electron chi connectivity index (χ4n) is 3.63. The Bertz CT molecular complexity index is 1160. The van der Waals surface area contributed by atoms with Crippen molar-refractivity contribution in [1.82, 2.24) is 0 Å². The van der Waals surface area contributed by atoms with Crippen molar-refractivity contribution in [3.63, 3.8) is 0 Å². The highest BCUT2D eigenvalue weighted by Crippen LogP contribution is 2.23. The van der Waals surface area contributed by atoms with Crippen LogP contribution in [0.25, 0.3) is 0 Å². The first-order valence-corrected chi connectivity index (χ1v) is 12.9. The minimum Gasteiger partial charge on any atom is -0.494 e. The molecule has 200 valence electrons. The van der Waals surface area contributed by atoms with Gasteiger partial charge < -0.3 is 18.9 Å². The predicted octanol–water partition coefficient (Wildman–Crippen LogP) is 6.49. The largest absolute Gasteiger partial charge is 0.494 e. The minimum atomic E-state index is -0.469. The second-order valence-electron chi connectivity index (χ2n) is 8.80. The van der Waals surface area contributed by atoms with Crippen molar-refractivity contribution in [2.75, 3.05) is 13.2 Å². The van der Waals surface area contributed by atoms with E-state index in [2.05, 4.69) is 13.5 Å². The molecule has 7 heteroatoms. The summed E-state index contributed by atoms with van der Waals surface area (Å²) in [4.78, 5) is 36.0. The molecule has 3 rings (SSSR count). The van der Waals surface area contributed by atoms with Gasteiger partial charge in [-0.2, -0.15) is 0 Å². The molecule has 0 bridgehead atoms. The summed E-state index contributed by atoms with van der Waals surface area (Å²) >= 11 is 0. The summed E-state index contributed by atoms with van der Waals surface area (Å²) < 4.78 is 21.6.